The van der Waals surface area contributed by atoms with Crippen molar-refractivity contribution in [1.82, 2.24) is 9.97 Å². The maximum atomic E-state index is 11.5. The molecule has 100 valence electrons. The van der Waals surface area contributed by atoms with Gasteiger partial charge in [0.1, 0.15) is 10.3 Å². The molecular formula is C11H16BrN3O3. The average Bonchev–Trinajstić information content (AvgIpc) is 2.40. The van der Waals surface area contributed by atoms with Gasteiger partial charge in [-0.3, -0.25) is 4.79 Å². The maximum absolute atomic E-state index is 11.5. The summed E-state index contributed by atoms with van der Waals surface area (Å²) in [4.78, 5) is 20.2. The van der Waals surface area contributed by atoms with Crippen molar-refractivity contribution in [2.24, 2.45) is 0 Å². The van der Waals surface area contributed by atoms with Gasteiger partial charge in [-0.2, -0.15) is 0 Å². The Morgan fingerprint density at radius 3 is 2.94 bits per heavy atom. The van der Waals surface area contributed by atoms with Gasteiger partial charge in [0.05, 0.1) is 25.6 Å². The lowest BCUT2D eigenvalue weighted by Crippen LogP contribution is -2.38. The first kappa shape index (κ1) is 13.5. The fourth-order valence-electron chi connectivity index (χ4n) is 2.05. The van der Waals surface area contributed by atoms with Crippen LogP contribution < -0.4 is 10.5 Å². The van der Waals surface area contributed by atoms with Crippen molar-refractivity contribution in [3.63, 3.8) is 0 Å². The molecule has 0 saturated carbocycles. The Morgan fingerprint density at radius 1 is 1.56 bits per heavy atom. The van der Waals surface area contributed by atoms with Crippen LogP contribution in [0.4, 0.5) is 5.82 Å². The highest BCUT2D eigenvalue weighted by Gasteiger charge is 2.22. The molecule has 1 aromatic heterocycles. The first-order chi connectivity index (χ1) is 8.72. The van der Waals surface area contributed by atoms with E-state index in [1.54, 1.807) is 0 Å². The number of piperidine rings is 1. The molecule has 0 aliphatic carbocycles. The van der Waals surface area contributed by atoms with Gasteiger partial charge in [0, 0.05) is 13.1 Å². The van der Waals surface area contributed by atoms with Gasteiger partial charge in [0.15, 0.2) is 0 Å². The molecule has 2 N–H and O–H groups in total. The minimum absolute atomic E-state index is 0.0569. The van der Waals surface area contributed by atoms with E-state index in [-0.39, 0.29) is 18.3 Å². The molecule has 0 amide bonds. The van der Waals surface area contributed by atoms with Crippen LogP contribution in [-0.2, 0) is 4.74 Å². The van der Waals surface area contributed by atoms with Crippen LogP contribution in [0.15, 0.2) is 15.6 Å². The van der Waals surface area contributed by atoms with Gasteiger partial charge in [0.25, 0.3) is 5.56 Å². The molecule has 2 rings (SSSR count). The van der Waals surface area contributed by atoms with Crippen molar-refractivity contribution in [1.29, 1.82) is 0 Å². The number of aliphatic hydroxyl groups is 1. The van der Waals surface area contributed by atoms with Crippen molar-refractivity contribution >= 4 is 21.7 Å². The molecule has 1 fully saturated rings. The van der Waals surface area contributed by atoms with Gasteiger partial charge in [0.2, 0.25) is 0 Å². The third-order valence-corrected chi connectivity index (χ3v) is 3.68. The maximum Gasteiger partial charge on any atom is 0.267 e. The van der Waals surface area contributed by atoms with E-state index in [4.69, 9.17) is 9.84 Å². The first-order valence-corrected chi connectivity index (χ1v) is 6.72. The Morgan fingerprint density at radius 2 is 2.28 bits per heavy atom. The lowest BCUT2D eigenvalue weighted by atomic mass is 10.1. The summed E-state index contributed by atoms with van der Waals surface area (Å²) in [7, 11) is 0. The van der Waals surface area contributed by atoms with Crippen LogP contribution in [0.1, 0.15) is 12.8 Å². The Hall–Kier alpha value is -0.920. The lowest BCUT2D eigenvalue weighted by Gasteiger charge is -2.32. The van der Waals surface area contributed by atoms with Gasteiger partial charge in [-0.05, 0) is 28.8 Å². The van der Waals surface area contributed by atoms with Crippen LogP contribution in [0.25, 0.3) is 0 Å². The summed E-state index contributed by atoms with van der Waals surface area (Å²) < 4.78 is 5.97. The number of nitrogens with one attached hydrogen (secondary N) is 1. The fraction of sp³-hybridized carbons (Fsp3) is 0.636. The van der Waals surface area contributed by atoms with E-state index in [0.29, 0.717) is 16.9 Å². The van der Waals surface area contributed by atoms with Gasteiger partial charge in [-0.25, -0.2) is 4.98 Å². The number of aliphatic hydroxyl groups excluding tert-OH is 1. The lowest BCUT2D eigenvalue weighted by molar-refractivity contribution is 0.0158. The van der Waals surface area contributed by atoms with Crippen molar-refractivity contribution in [3.05, 3.63) is 21.2 Å². The minimum atomic E-state index is -0.168. The molecule has 1 aliphatic heterocycles. The van der Waals surface area contributed by atoms with Gasteiger partial charge < -0.3 is 19.7 Å². The van der Waals surface area contributed by atoms with E-state index in [2.05, 4.69) is 30.8 Å². The second kappa shape index (κ2) is 6.31. The summed E-state index contributed by atoms with van der Waals surface area (Å²) >= 11 is 3.26. The number of rotatable bonds is 4. The first-order valence-electron chi connectivity index (χ1n) is 5.93. The number of hydrogen-bond acceptors (Lipinski definition) is 5. The zero-order chi connectivity index (χ0) is 13.0. The minimum Gasteiger partial charge on any atom is -0.394 e. The van der Waals surface area contributed by atoms with Crippen LogP contribution in [0, 0.1) is 0 Å². The third kappa shape index (κ3) is 3.09. The summed E-state index contributed by atoms with van der Waals surface area (Å²) in [5.41, 5.74) is -0.168. The molecule has 6 nitrogen and oxygen atoms in total. The second-order valence-electron chi connectivity index (χ2n) is 4.15. The third-order valence-electron chi connectivity index (χ3n) is 2.96. The van der Waals surface area contributed by atoms with E-state index in [1.807, 2.05) is 0 Å². The average molecular weight is 318 g/mol. The monoisotopic (exact) mass is 317 g/mol. The van der Waals surface area contributed by atoms with Crippen molar-refractivity contribution in [3.8, 4) is 0 Å². The van der Waals surface area contributed by atoms with Crippen LogP contribution in [0.5, 0.6) is 0 Å². The molecule has 0 spiro atoms. The molecule has 0 bridgehead atoms. The Labute approximate surface area is 113 Å². The smallest absolute Gasteiger partial charge is 0.267 e. The highest BCUT2D eigenvalue weighted by Crippen LogP contribution is 2.23. The zero-order valence-electron chi connectivity index (χ0n) is 9.93. The summed E-state index contributed by atoms with van der Waals surface area (Å²) in [6.07, 6.45) is 3.35. The van der Waals surface area contributed by atoms with E-state index in [9.17, 15) is 4.79 Å². The second-order valence-corrected chi connectivity index (χ2v) is 4.94. The predicted molar refractivity (Wildman–Crippen MR) is 70.8 cm³/mol. The number of ether oxygens (including phenoxy) is 1. The molecule has 1 aromatic rings. The number of hydrogen-bond donors (Lipinski definition) is 2. The van der Waals surface area contributed by atoms with Crippen molar-refractivity contribution in [2.75, 3.05) is 31.2 Å². The molecule has 7 heteroatoms. The quantitative estimate of drug-likeness (QED) is 0.846. The summed E-state index contributed by atoms with van der Waals surface area (Å²) in [5, 5.41) is 8.70. The van der Waals surface area contributed by atoms with Crippen LogP contribution in [0.2, 0.25) is 0 Å². The van der Waals surface area contributed by atoms with Crippen LogP contribution in [0.3, 0.4) is 0 Å². The molecule has 0 radical (unpaired) electrons. The molecule has 0 unspecified atom stereocenters. The summed E-state index contributed by atoms with van der Waals surface area (Å²) in [6.45, 7) is 2.04. The van der Waals surface area contributed by atoms with Gasteiger partial charge in [-0.15, -0.1) is 0 Å². The Balaban J connectivity index is 1.97. The molecule has 18 heavy (non-hydrogen) atoms. The summed E-state index contributed by atoms with van der Waals surface area (Å²) in [5.74, 6) is 0.680. The molecular weight excluding hydrogens is 302 g/mol. The van der Waals surface area contributed by atoms with Crippen molar-refractivity contribution in [2.45, 2.75) is 18.9 Å². The predicted octanol–water partition coefficient (Wildman–Crippen LogP) is 0.510. The van der Waals surface area contributed by atoms with E-state index < -0.39 is 0 Å². The van der Waals surface area contributed by atoms with Crippen LogP contribution in [-0.4, -0.2) is 47.5 Å². The number of halogens is 1. The number of H-pyrrole nitrogens is 1. The Bertz CT molecular complexity index is 443. The number of aromatic nitrogens is 2. The van der Waals surface area contributed by atoms with E-state index in [1.165, 1.54) is 6.33 Å². The molecule has 1 saturated heterocycles. The summed E-state index contributed by atoms with van der Waals surface area (Å²) in [6, 6.07) is 0. The Kier molecular flexibility index (Phi) is 4.73. The van der Waals surface area contributed by atoms with E-state index >= 15 is 0 Å². The number of nitrogens with zero attached hydrogens (tertiary/aromatic N) is 2. The molecule has 0 atom stereocenters. The standard InChI is InChI=1S/C11H16BrN3O3/c12-9-10(13-7-14-11(9)17)15-3-1-8(2-4-15)18-6-5-16/h7-8,16H,1-6H2,(H,13,14,17). The number of aromatic amines is 1. The van der Waals surface area contributed by atoms with E-state index in [0.717, 1.165) is 25.9 Å². The largest absolute Gasteiger partial charge is 0.394 e. The van der Waals surface area contributed by atoms with Crippen molar-refractivity contribution < 1.29 is 9.84 Å². The van der Waals surface area contributed by atoms with Gasteiger partial charge in [-0.1, -0.05) is 0 Å². The zero-order valence-corrected chi connectivity index (χ0v) is 11.5. The highest BCUT2D eigenvalue weighted by atomic mass is 79.9. The number of anilines is 1. The SMILES string of the molecule is O=c1[nH]cnc(N2CCC(OCCO)CC2)c1Br. The molecule has 0 aromatic carbocycles. The normalized spacial score (nSPS) is 17.1. The molecule has 1 aliphatic rings. The fourth-order valence-corrected chi connectivity index (χ4v) is 2.52. The van der Waals surface area contributed by atoms with Crippen LogP contribution >= 0.6 is 15.9 Å². The van der Waals surface area contributed by atoms with Gasteiger partial charge >= 0.3 is 0 Å². The highest BCUT2D eigenvalue weighted by molar-refractivity contribution is 9.10. The molecule has 2 heterocycles. The topological polar surface area (TPSA) is 78.5 Å².